The number of ketones is 1. The minimum Gasteiger partial charge on any atom is -0.381 e. The zero-order valence-corrected chi connectivity index (χ0v) is 13.2. The van der Waals surface area contributed by atoms with Crippen LogP contribution in [0.1, 0.15) is 60.0 Å². The molecule has 0 bridgehead atoms. The lowest BCUT2D eigenvalue weighted by molar-refractivity contribution is 0.0285. The highest BCUT2D eigenvalue weighted by Gasteiger charge is 2.47. The molecule has 0 aromatic heterocycles. The van der Waals surface area contributed by atoms with Gasteiger partial charge in [0, 0.05) is 29.6 Å². The number of fused-ring (bicyclic) bond motifs is 1. The first-order chi connectivity index (χ1) is 10.7. The summed E-state index contributed by atoms with van der Waals surface area (Å²) in [6.45, 7) is 0. The molecule has 1 aromatic rings. The number of carbonyl (C=O) groups is 1. The van der Waals surface area contributed by atoms with Crippen LogP contribution in [0, 0.1) is 23.2 Å². The van der Waals surface area contributed by atoms with E-state index >= 15 is 0 Å². The maximum Gasteiger partial charge on any atom is 0.169 e. The van der Waals surface area contributed by atoms with Gasteiger partial charge in [0.05, 0.1) is 6.10 Å². The van der Waals surface area contributed by atoms with Crippen LogP contribution >= 0.6 is 0 Å². The predicted octanol–water partition coefficient (Wildman–Crippen LogP) is 3.76. The Bertz CT molecular complexity index is 665. The monoisotopic (exact) mass is 294 g/mol. The van der Waals surface area contributed by atoms with Crippen LogP contribution in [-0.2, 0) is 11.2 Å². The molecular formula is C20H22O2. The van der Waals surface area contributed by atoms with E-state index in [0.29, 0.717) is 17.8 Å². The first-order valence-corrected chi connectivity index (χ1v) is 8.42. The van der Waals surface area contributed by atoms with Gasteiger partial charge in [0.1, 0.15) is 0 Å². The van der Waals surface area contributed by atoms with E-state index in [-0.39, 0.29) is 5.41 Å². The lowest BCUT2D eigenvalue weighted by Crippen LogP contribution is -2.35. The molecule has 1 aromatic carbocycles. The highest BCUT2D eigenvalue weighted by Crippen LogP contribution is 2.47. The molecular weight excluding hydrogens is 272 g/mol. The summed E-state index contributed by atoms with van der Waals surface area (Å²) in [5, 5.41) is 0. The van der Waals surface area contributed by atoms with Gasteiger partial charge in [-0.25, -0.2) is 0 Å². The van der Waals surface area contributed by atoms with Crippen molar-refractivity contribution in [2.75, 3.05) is 7.11 Å². The first kappa shape index (κ1) is 14.0. The Balaban J connectivity index is 1.58. The second-order valence-corrected chi connectivity index (χ2v) is 7.14. The van der Waals surface area contributed by atoms with Gasteiger partial charge >= 0.3 is 0 Å². The number of methoxy groups -OCH3 is 1. The van der Waals surface area contributed by atoms with Crippen LogP contribution in [0.4, 0.5) is 0 Å². The lowest BCUT2D eigenvalue weighted by Gasteiger charge is -2.35. The molecule has 1 spiro atoms. The van der Waals surface area contributed by atoms with E-state index in [9.17, 15) is 4.79 Å². The van der Waals surface area contributed by atoms with Crippen molar-refractivity contribution >= 4 is 5.78 Å². The highest BCUT2D eigenvalue weighted by molar-refractivity contribution is 6.05. The molecule has 0 amide bonds. The Hall–Kier alpha value is -1.59. The lowest BCUT2D eigenvalue weighted by atomic mass is 9.70. The molecule has 22 heavy (non-hydrogen) atoms. The van der Waals surface area contributed by atoms with Crippen LogP contribution in [0.2, 0.25) is 0 Å². The van der Waals surface area contributed by atoms with E-state index in [2.05, 4.69) is 24.0 Å². The van der Waals surface area contributed by atoms with E-state index in [1.807, 2.05) is 6.07 Å². The van der Waals surface area contributed by atoms with E-state index in [0.717, 1.165) is 43.2 Å². The fourth-order valence-corrected chi connectivity index (χ4v) is 3.95. The van der Waals surface area contributed by atoms with Gasteiger partial charge in [0.25, 0.3) is 0 Å². The summed E-state index contributed by atoms with van der Waals surface area (Å²) in [5.41, 5.74) is 3.00. The minimum atomic E-state index is -0.153. The van der Waals surface area contributed by atoms with Crippen LogP contribution in [0.25, 0.3) is 0 Å². The largest absolute Gasteiger partial charge is 0.381 e. The van der Waals surface area contributed by atoms with E-state index in [4.69, 9.17) is 4.74 Å². The van der Waals surface area contributed by atoms with Gasteiger partial charge < -0.3 is 4.74 Å². The fraction of sp³-hybridized carbons (Fsp3) is 0.550. The third-order valence-corrected chi connectivity index (χ3v) is 5.59. The summed E-state index contributed by atoms with van der Waals surface area (Å²) < 4.78 is 5.46. The molecule has 3 aliphatic rings. The van der Waals surface area contributed by atoms with Crippen molar-refractivity contribution in [3.8, 4) is 11.8 Å². The van der Waals surface area contributed by atoms with Gasteiger partial charge in [0.15, 0.2) is 5.78 Å². The number of hydrogen-bond acceptors (Lipinski definition) is 2. The molecule has 0 heterocycles. The Kier molecular flexibility index (Phi) is 3.35. The molecule has 0 radical (unpaired) electrons. The van der Waals surface area contributed by atoms with Gasteiger partial charge in [-0.3, -0.25) is 4.79 Å². The molecule has 3 aliphatic carbocycles. The van der Waals surface area contributed by atoms with Crippen molar-refractivity contribution < 1.29 is 9.53 Å². The third-order valence-electron chi connectivity index (χ3n) is 5.59. The van der Waals surface area contributed by atoms with Gasteiger partial charge in [-0.1, -0.05) is 17.9 Å². The maximum absolute atomic E-state index is 13.0. The van der Waals surface area contributed by atoms with Crippen molar-refractivity contribution in [2.45, 2.75) is 51.0 Å². The second kappa shape index (κ2) is 5.25. The van der Waals surface area contributed by atoms with Gasteiger partial charge in [0.2, 0.25) is 0 Å². The van der Waals surface area contributed by atoms with Crippen molar-refractivity contribution in [1.82, 2.24) is 0 Å². The average molecular weight is 294 g/mol. The third kappa shape index (κ3) is 2.38. The van der Waals surface area contributed by atoms with Crippen molar-refractivity contribution in [1.29, 1.82) is 0 Å². The average Bonchev–Trinajstić information content (AvgIpc) is 3.34. The van der Waals surface area contributed by atoms with Gasteiger partial charge in [-0.15, -0.1) is 0 Å². The number of benzene rings is 1. The molecule has 0 saturated heterocycles. The fourth-order valence-electron chi connectivity index (χ4n) is 3.95. The number of hydrogen-bond donors (Lipinski definition) is 0. The smallest absolute Gasteiger partial charge is 0.169 e. The topological polar surface area (TPSA) is 26.3 Å². The molecule has 2 nitrogen and oxygen atoms in total. The SMILES string of the molecule is COC1CCC2(CC1)Cc1ccc(C#CC3CC3)cc1C2=O. The normalized spacial score (nSPS) is 30.0. The number of Topliss-reactive ketones (excluding diaryl/α,β-unsaturated/α-hetero) is 1. The molecule has 4 rings (SSSR count). The van der Waals surface area contributed by atoms with Crippen LogP contribution in [-0.4, -0.2) is 19.0 Å². The van der Waals surface area contributed by atoms with Gasteiger partial charge in [-0.2, -0.15) is 0 Å². The highest BCUT2D eigenvalue weighted by atomic mass is 16.5. The molecule has 0 unspecified atom stereocenters. The second-order valence-electron chi connectivity index (χ2n) is 7.14. The first-order valence-electron chi connectivity index (χ1n) is 8.42. The zero-order valence-electron chi connectivity index (χ0n) is 13.2. The summed E-state index contributed by atoms with van der Waals surface area (Å²) in [6, 6.07) is 6.24. The summed E-state index contributed by atoms with van der Waals surface area (Å²) in [5.74, 6) is 7.48. The van der Waals surface area contributed by atoms with Crippen LogP contribution in [0.3, 0.4) is 0 Å². The summed E-state index contributed by atoms with van der Waals surface area (Å²) in [4.78, 5) is 13.0. The Morgan fingerprint density at radius 2 is 1.95 bits per heavy atom. The Morgan fingerprint density at radius 3 is 2.64 bits per heavy atom. The van der Waals surface area contributed by atoms with E-state index in [1.54, 1.807) is 7.11 Å². The summed E-state index contributed by atoms with van der Waals surface area (Å²) in [7, 11) is 1.78. The molecule has 0 N–H and O–H groups in total. The van der Waals surface area contributed by atoms with Crippen molar-refractivity contribution in [3.63, 3.8) is 0 Å². The number of ether oxygens (including phenoxy) is 1. The van der Waals surface area contributed by atoms with E-state index in [1.165, 1.54) is 18.4 Å². The molecule has 2 fully saturated rings. The van der Waals surface area contributed by atoms with Crippen LogP contribution in [0.15, 0.2) is 18.2 Å². The number of carbonyl (C=O) groups excluding carboxylic acids is 1. The maximum atomic E-state index is 13.0. The molecule has 0 aliphatic heterocycles. The Labute approximate surface area is 132 Å². The standard InChI is InChI=1S/C20H22O2/c1-22-17-8-10-20(11-9-17)13-16-7-6-15(5-4-14-2-3-14)12-18(16)19(20)21/h6-7,12,14,17H,2-3,8-11,13H2,1H3. The van der Waals surface area contributed by atoms with Crippen molar-refractivity contribution in [2.24, 2.45) is 11.3 Å². The summed E-state index contributed by atoms with van der Waals surface area (Å²) in [6.07, 6.45) is 7.65. The zero-order chi connectivity index (χ0) is 15.2. The van der Waals surface area contributed by atoms with Crippen molar-refractivity contribution in [3.05, 3.63) is 34.9 Å². The Morgan fingerprint density at radius 1 is 1.18 bits per heavy atom. The van der Waals surface area contributed by atoms with Crippen LogP contribution < -0.4 is 0 Å². The van der Waals surface area contributed by atoms with Gasteiger partial charge in [-0.05, 0) is 62.6 Å². The molecule has 0 atom stereocenters. The quantitative estimate of drug-likeness (QED) is 0.737. The van der Waals surface area contributed by atoms with Crippen LogP contribution in [0.5, 0.6) is 0 Å². The minimum absolute atomic E-state index is 0.153. The predicted molar refractivity (Wildman–Crippen MR) is 85.8 cm³/mol. The number of rotatable bonds is 1. The molecule has 114 valence electrons. The van der Waals surface area contributed by atoms with E-state index < -0.39 is 0 Å². The molecule has 2 saturated carbocycles. The molecule has 2 heteroatoms. The summed E-state index contributed by atoms with van der Waals surface area (Å²) >= 11 is 0.